The lowest BCUT2D eigenvalue weighted by molar-refractivity contribution is -0.166. The van der Waals surface area contributed by atoms with E-state index < -0.39 is 12.2 Å². The van der Waals surface area contributed by atoms with Gasteiger partial charge >= 0.3 is 6.18 Å². The number of hydrogen-bond acceptors (Lipinski definition) is 3. The fourth-order valence-electron chi connectivity index (χ4n) is 1.73. The van der Waals surface area contributed by atoms with E-state index in [1.807, 2.05) is 0 Å². The standard InChI is InChI=1S/C10H14F3N3O/c1-6(10(11,12)13)16-9(4-7-2-3-7)8(5-17)14-15-16/h6-7,17H,2-5H2,1H3. The first kappa shape index (κ1) is 12.3. The van der Waals surface area contributed by atoms with E-state index in [0.29, 0.717) is 18.0 Å². The summed E-state index contributed by atoms with van der Waals surface area (Å²) in [5, 5.41) is 16.2. The van der Waals surface area contributed by atoms with Crippen LogP contribution in [-0.4, -0.2) is 26.3 Å². The molecule has 1 aromatic heterocycles. The summed E-state index contributed by atoms with van der Waals surface area (Å²) >= 11 is 0. The molecule has 7 heteroatoms. The van der Waals surface area contributed by atoms with Crippen molar-refractivity contribution >= 4 is 0 Å². The van der Waals surface area contributed by atoms with Crippen molar-refractivity contribution < 1.29 is 18.3 Å². The fraction of sp³-hybridized carbons (Fsp3) is 0.800. The SMILES string of the molecule is CC(n1nnc(CO)c1CC1CC1)C(F)(F)F. The van der Waals surface area contributed by atoms with E-state index in [2.05, 4.69) is 10.3 Å². The lowest BCUT2D eigenvalue weighted by atomic mass is 10.1. The molecule has 17 heavy (non-hydrogen) atoms. The highest BCUT2D eigenvalue weighted by atomic mass is 19.4. The molecule has 1 saturated carbocycles. The molecule has 1 unspecified atom stereocenters. The van der Waals surface area contributed by atoms with Crippen molar-refractivity contribution in [3.63, 3.8) is 0 Å². The zero-order valence-electron chi connectivity index (χ0n) is 9.41. The third-order valence-electron chi connectivity index (χ3n) is 3.04. The quantitative estimate of drug-likeness (QED) is 0.885. The van der Waals surface area contributed by atoms with Crippen LogP contribution in [0.5, 0.6) is 0 Å². The predicted octanol–water partition coefficient (Wildman–Crippen LogP) is 1.85. The molecule has 2 rings (SSSR count). The van der Waals surface area contributed by atoms with Gasteiger partial charge in [0, 0.05) is 0 Å². The Morgan fingerprint density at radius 1 is 1.47 bits per heavy atom. The Morgan fingerprint density at radius 2 is 2.12 bits per heavy atom. The molecule has 1 heterocycles. The first-order chi connectivity index (χ1) is 7.93. The van der Waals surface area contributed by atoms with E-state index in [1.165, 1.54) is 0 Å². The molecule has 0 bridgehead atoms. The summed E-state index contributed by atoms with van der Waals surface area (Å²) in [4.78, 5) is 0. The second-order valence-electron chi connectivity index (χ2n) is 4.45. The Bertz CT molecular complexity index is 398. The lowest BCUT2D eigenvalue weighted by Gasteiger charge is -2.18. The van der Waals surface area contributed by atoms with Crippen LogP contribution in [-0.2, 0) is 13.0 Å². The summed E-state index contributed by atoms with van der Waals surface area (Å²) in [6, 6.07) is -1.70. The number of aliphatic hydroxyl groups excluding tert-OH is 1. The third-order valence-corrected chi connectivity index (χ3v) is 3.04. The van der Waals surface area contributed by atoms with Crippen molar-refractivity contribution in [1.82, 2.24) is 15.0 Å². The van der Waals surface area contributed by atoms with Crippen LogP contribution in [0.4, 0.5) is 13.2 Å². The van der Waals surface area contributed by atoms with Gasteiger partial charge in [0.05, 0.1) is 12.3 Å². The number of aliphatic hydroxyl groups is 1. The van der Waals surface area contributed by atoms with Crippen LogP contribution >= 0.6 is 0 Å². The Kier molecular flexibility index (Phi) is 3.11. The maximum Gasteiger partial charge on any atom is 0.410 e. The number of halogens is 3. The predicted molar refractivity (Wildman–Crippen MR) is 53.1 cm³/mol. The molecule has 0 radical (unpaired) electrons. The molecule has 0 amide bonds. The van der Waals surface area contributed by atoms with Crippen LogP contribution in [0.15, 0.2) is 0 Å². The molecular formula is C10H14F3N3O. The molecule has 0 spiro atoms. The second-order valence-corrected chi connectivity index (χ2v) is 4.45. The summed E-state index contributed by atoms with van der Waals surface area (Å²) in [5.41, 5.74) is 0.674. The molecule has 1 aliphatic carbocycles. The van der Waals surface area contributed by atoms with E-state index in [4.69, 9.17) is 5.11 Å². The highest BCUT2D eigenvalue weighted by Gasteiger charge is 2.40. The molecule has 0 aromatic carbocycles. The van der Waals surface area contributed by atoms with Gasteiger partial charge in [-0.15, -0.1) is 5.10 Å². The van der Waals surface area contributed by atoms with E-state index >= 15 is 0 Å². The first-order valence-electron chi connectivity index (χ1n) is 5.54. The third kappa shape index (κ3) is 2.59. The van der Waals surface area contributed by atoms with E-state index in [9.17, 15) is 13.2 Å². The fourth-order valence-corrected chi connectivity index (χ4v) is 1.73. The van der Waals surface area contributed by atoms with Crippen LogP contribution in [0.1, 0.15) is 37.2 Å². The maximum absolute atomic E-state index is 12.6. The van der Waals surface area contributed by atoms with Gasteiger partial charge in [-0.2, -0.15) is 13.2 Å². The van der Waals surface area contributed by atoms with Gasteiger partial charge in [-0.25, -0.2) is 4.68 Å². The van der Waals surface area contributed by atoms with Gasteiger partial charge in [-0.3, -0.25) is 0 Å². The molecule has 96 valence electrons. The minimum absolute atomic E-state index is 0.257. The molecule has 1 aliphatic rings. The van der Waals surface area contributed by atoms with Gasteiger partial charge in [0.25, 0.3) is 0 Å². The van der Waals surface area contributed by atoms with E-state index in [0.717, 1.165) is 24.4 Å². The number of aromatic nitrogens is 3. The summed E-state index contributed by atoms with van der Waals surface area (Å²) in [6.45, 7) is 0.679. The van der Waals surface area contributed by atoms with Gasteiger partial charge in [0.1, 0.15) is 11.7 Å². The maximum atomic E-state index is 12.6. The molecule has 1 fully saturated rings. The molecule has 1 N–H and O–H groups in total. The molecule has 4 nitrogen and oxygen atoms in total. The van der Waals surface area contributed by atoms with Gasteiger partial charge in [-0.1, -0.05) is 5.21 Å². The number of hydrogen-bond donors (Lipinski definition) is 1. The van der Waals surface area contributed by atoms with Crippen LogP contribution < -0.4 is 0 Å². The average Bonchev–Trinajstić information content (AvgIpc) is 2.95. The Labute approximate surface area is 96.4 Å². The average molecular weight is 249 g/mol. The Hall–Kier alpha value is -1.11. The number of rotatable bonds is 4. The molecule has 0 saturated heterocycles. The molecule has 1 aromatic rings. The van der Waals surface area contributed by atoms with Crippen LogP contribution in [0, 0.1) is 5.92 Å². The van der Waals surface area contributed by atoms with Crippen molar-refractivity contribution in [3.8, 4) is 0 Å². The zero-order chi connectivity index (χ0) is 12.6. The normalized spacial score (nSPS) is 18.4. The largest absolute Gasteiger partial charge is 0.410 e. The zero-order valence-corrected chi connectivity index (χ0v) is 9.41. The van der Waals surface area contributed by atoms with Crippen LogP contribution in [0.3, 0.4) is 0 Å². The van der Waals surface area contributed by atoms with E-state index in [1.54, 1.807) is 0 Å². The van der Waals surface area contributed by atoms with Gasteiger partial charge in [0.2, 0.25) is 0 Å². The Balaban J connectivity index is 2.28. The van der Waals surface area contributed by atoms with Crippen LogP contribution in [0.25, 0.3) is 0 Å². The Morgan fingerprint density at radius 3 is 2.59 bits per heavy atom. The smallest absolute Gasteiger partial charge is 0.390 e. The minimum Gasteiger partial charge on any atom is -0.390 e. The highest BCUT2D eigenvalue weighted by Crippen LogP contribution is 2.36. The first-order valence-corrected chi connectivity index (χ1v) is 5.54. The molecular weight excluding hydrogens is 235 g/mol. The van der Waals surface area contributed by atoms with Crippen molar-refractivity contribution in [2.75, 3.05) is 0 Å². The van der Waals surface area contributed by atoms with Gasteiger partial charge in [0.15, 0.2) is 0 Å². The number of alkyl halides is 3. The monoisotopic (exact) mass is 249 g/mol. The van der Waals surface area contributed by atoms with Crippen molar-refractivity contribution in [3.05, 3.63) is 11.4 Å². The van der Waals surface area contributed by atoms with Gasteiger partial charge in [-0.05, 0) is 32.1 Å². The van der Waals surface area contributed by atoms with Crippen LogP contribution in [0.2, 0.25) is 0 Å². The number of nitrogens with zero attached hydrogens (tertiary/aromatic N) is 3. The van der Waals surface area contributed by atoms with E-state index in [-0.39, 0.29) is 12.3 Å². The van der Waals surface area contributed by atoms with Crippen molar-refractivity contribution in [1.29, 1.82) is 0 Å². The molecule has 1 atom stereocenters. The highest BCUT2D eigenvalue weighted by molar-refractivity contribution is 5.12. The summed E-state index contributed by atoms with van der Waals surface area (Å²) in [7, 11) is 0. The summed E-state index contributed by atoms with van der Waals surface area (Å²) in [6.07, 6.45) is -1.78. The topological polar surface area (TPSA) is 50.9 Å². The molecule has 0 aliphatic heterocycles. The minimum atomic E-state index is -4.35. The van der Waals surface area contributed by atoms with Crippen molar-refractivity contribution in [2.24, 2.45) is 5.92 Å². The van der Waals surface area contributed by atoms with Gasteiger partial charge < -0.3 is 5.11 Å². The van der Waals surface area contributed by atoms with Crippen molar-refractivity contribution in [2.45, 2.75) is 45.0 Å². The summed E-state index contributed by atoms with van der Waals surface area (Å²) in [5.74, 6) is 0.415. The lowest BCUT2D eigenvalue weighted by Crippen LogP contribution is -2.26. The second kappa shape index (κ2) is 4.29. The summed E-state index contributed by atoms with van der Waals surface area (Å²) < 4.78 is 38.8.